The van der Waals surface area contributed by atoms with Crippen LogP contribution < -0.4 is 10.5 Å². The number of piperidine rings is 1. The summed E-state index contributed by atoms with van der Waals surface area (Å²) in [5, 5.41) is 4.50. The summed E-state index contributed by atoms with van der Waals surface area (Å²) >= 11 is 0. The van der Waals surface area contributed by atoms with Crippen LogP contribution in [-0.4, -0.2) is 55.2 Å². The Morgan fingerprint density at radius 2 is 2.14 bits per heavy atom. The molecule has 1 fully saturated rings. The van der Waals surface area contributed by atoms with Gasteiger partial charge in [-0.05, 0) is 39.3 Å². The molecule has 0 radical (unpaired) electrons. The van der Waals surface area contributed by atoms with E-state index in [0.717, 1.165) is 43.9 Å². The molecular weight excluding hydrogens is 354 g/mol. The first-order valence-corrected chi connectivity index (χ1v) is 9.84. The Kier molecular flexibility index (Phi) is 5.13. The summed E-state index contributed by atoms with van der Waals surface area (Å²) in [5.74, 6) is 0.716. The van der Waals surface area contributed by atoms with Gasteiger partial charge in [0, 0.05) is 44.6 Å². The van der Waals surface area contributed by atoms with E-state index in [-0.39, 0.29) is 11.6 Å². The quantitative estimate of drug-likeness (QED) is 0.673. The largest absolute Gasteiger partial charge is 0.371 e. The van der Waals surface area contributed by atoms with E-state index in [1.165, 1.54) is 0 Å². The molecule has 148 valence electrons. The highest BCUT2D eigenvalue weighted by molar-refractivity contribution is 5.42. The van der Waals surface area contributed by atoms with Crippen molar-refractivity contribution in [2.75, 3.05) is 25.0 Å². The molecule has 1 aliphatic heterocycles. The van der Waals surface area contributed by atoms with Crippen molar-refractivity contribution in [2.24, 2.45) is 0 Å². The van der Waals surface area contributed by atoms with Gasteiger partial charge in [0.05, 0.1) is 29.8 Å². The first kappa shape index (κ1) is 18.6. The highest BCUT2D eigenvalue weighted by Gasteiger charge is 2.24. The van der Waals surface area contributed by atoms with E-state index in [0.29, 0.717) is 11.8 Å². The zero-order valence-electron chi connectivity index (χ0n) is 16.7. The minimum atomic E-state index is -0.0316. The van der Waals surface area contributed by atoms with Crippen LogP contribution in [0.25, 0.3) is 5.78 Å². The molecule has 8 heteroatoms. The summed E-state index contributed by atoms with van der Waals surface area (Å²) in [5.41, 5.74) is 1.94. The smallest absolute Gasteiger partial charge is 0.269 e. The molecule has 4 rings (SSSR count). The van der Waals surface area contributed by atoms with Crippen LogP contribution in [0.5, 0.6) is 0 Å². The lowest BCUT2D eigenvalue weighted by Gasteiger charge is -2.33. The standard InChI is InChI=1S/C20H27N7O/c1-15(2)24(3)17-10-19(28)27(23-12-17)16-6-4-8-25(13-16)14-18-11-22-20-21-7-5-9-26(18)20/h5,7,9-12,15-16H,4,6,8,13-14H2,1-3H3/t16-/m1/s1. The number of imidazole rings is 1. The van der Waals surface area contributed by atoms with Gasteiger partial charge in [-0.3, -0.25) is 14.1 Å². The second kappa shape index (κ2) is 7.71. The Balaban J connectivity index is 1.50. The van der Waals surface area contributed by atoms with Crippen LogP contribution in [-0.2, 0) is 6.54 Å². The van der Waals surface area contributed by atoms with Crippen molar-refractivity contribution >= 4 is 11.5 Å². The molecule has 0 unspecified atom stereocenters. The van der Waals surface area contributed by atoms with Gasteiger partial charge in [0.15, 0.2) is 0 Å². The third kappa shape index (κ3) is 3.64. The summed E-state index contributed by atoms with van der Waals surface area (Å²) in [7, 11) is 1.98. The number of hydrogen-bond donors (Lipinski definition) is 0. The van der Waals surface area contributed by atoms with Crippen LogP contribution in [0, 0.1) is 0 Å². The summed E-state index contributed by atoms with van der Waals surface area (Å²) in [6.07, 6.45) is 9.44. The molecule has 0 saturated carbocycles. The molecule has 0 amide bonds. The molecule has 3 aromatic heterocycles. The molecule has 1 atom stereocenters. The predicted octanol–water partition coefficient (Wildman–Crippen LogP) is 1.97. The van der Waals surface area contributed by atoms with Crippen molar-refractivity contribution in [3.8, 4) is 0 Å². The SMILES string of the molecule is CC(C)N(C)c1cnn([C@@H]2CCCN(Cc3cnc4ncccn34)C2)c(=O)c1. The van der Waals surface area contributed by atoms with E-state index >= 15 is 0 Å². The van der Waals surface area contributed by atoms with Gasteiger partial charge in [0.2, 0.25) is 5.78 Å². The molecule has 28 heavy (non-hydrogen) atoms. The Hall–Kier alpha value is -2.74. The summed E-state index contributed by atoms with van der Waals surface area (Å²) in [4.78, 5) is 25.8. The molecule has 0 aliphatic carbocycles. The molecule has 0 aromatic carbocycles. The summed E-state index contributed by atoms with van der Waals surface area (Å²) < 4.78 is 3.67. The van der Waals surface area contributed by atoms with Crippen LogP contribution >= 0.6 is 0 Å². The maximum atomic E-state index is 12.7. The number of anilines is 1. The first-order chi connectivity index (χ1) is 13.5. The Morgan fingerprint density at radius 1 is 1.29 bits per heavy atom. The van der Waals surface area contributed by atoms with Crippen molar-refractivity contribution in [2.45, 2.75) is 45.3 Å². The van der Waals surface area contributed by atoms with Gasteiger partial charge >= 0.3 is 0 Å². The van der Waals surface area contributed by atoms with Gasteiger partial charge in [-0.2, -0.15) is 5.10 Å². The lowest BCUT2D eigenvalue weighted by Crippen LogP contribution is -2.40. The molecule has 0 N–H and O–H groups in total. The highest BCUT2D eigenvalue weighted by atomic mass is 16.1. The first-order valence-electron chi connectivity index (χ1n) is 9.84. The van der Waals surface area contributed by atoms with E-state index in [1.807, 2.05) is 29.9 Å². The number of likely N-dealkylation sites (tertiary alicyclic amines) is 1. The third-order valence-corrected chi connectivity index (χ3v) is 5.57. The average molecular weight is 381 g/mol. The van der Waals surface area contributed by atoms with E-state index in [9.17, 15) is 4.79 Å². The maximum absolute atomic E-state index is 12.7. The topological polar surface area (TPSA) is 71.6 Å². The van der Waals surface area contributed by atoms with Gasteiger partial charge in [-0.25, -0.2) is 14.6 Å². The summed E-state index contributed by atoms with van der Waals surface area (Å²) in [6.45, 7) is 6.79. The second-order valence-electron chi connectivity index (χ2n) is 7.77. The van der Waals surface area contributed by atoms with Gasteiger partial charge in [0.1, 0.15) is 0 Å². The Bertz CT molecular complexity index is 1010. The monoisotopic (exact) mass is 381 g/mol. The van der Waals surface area contributed by atoms with Crippen LogP contribution in [0.3, 0.4) is 0 Å². The van der Waals surface area contributed by atoms with Crippen LogP contribution in [0.15, 0.2) is 41.7 Å². The number of hydrogen-bond acceptors (Lipinski definition) is 6. The fourth-order valence-electron chi connectivity index (χ4n) is 3.77. The fraction of sp³-hybridized carbons (Fsp3) is 0.500. The molecule has 1 saturated heterocycles. The van der Waals surface area contributed by atoms with Gasteiger partial charge in [0.25, 0.3) is 5.56 Å². The van der Waals surface area contributed by atoms with Crippen LogP contribution in [0.4, 0.5) is 5.69 Å². The third-order valence-electron chi connectivity index (χ3n) is 5.57. The maximum Gasteiger partial charge on any atom is 0.269 e. The lowest BCUT2D eigenvalue weighted by molar-refractivity contribution is 0.158. The van der Waals surface area contributed by atoms with Crippen molar-refractivity contribution < 1.29 is 0 Å². The molecule has 1 aliphatic rings. The molecule has 8 nitrogen and oxygen atoms in total. The Labute approximate surface area is 164 Å². The normalized spacial score (nSPS) is 18.1. The fourth-order valence-corrected chi connectivity index (χ4v) is 3.77. The van der Waals surface area contributed by atoms with Crippen molar-refractivity contribution in [3.05, 3.63) is 53.0 Å². The lowest BCUT2D eigenvalue weighted by atomic mass is 10.1. The minimum Gasteiger partial charge on any atom is -0.371 e. The van der Waals surface area contributed by atoms with Gasteiger partial charge in [-0.15, -0.1) is 0 Å². The Morgan fingerprint density at radius 3 is 2.93 bits per heavy atom. The molecule has 0 bridgehead atoms. The van der Waals surface area contributed by atoms with Crippen LogP contribution in [0.2, 0.25) is 0 Å². The van der Waals surface area contributed by atoms with E-state index in [1.54, 1.807) is 23.1 Å². The molecule has 3 aromatic rings. The molecule has 4 heterocycles. The van der Waals surface area contributed by atoms with Crippen molar-refractivity contribution in [3.63, 3.8) is 0 Å². The average Bonchev–Trinajstić information content (AvgIpc) is 3.10. The number of fused-ring (bicyclic) bond motifs is 1. The number of rotatable bonds is 5. The van der Waals surface area contributed by atoms with E-state index in [2.05, 4.69) is 38.7 Å². The van der Waals surface area contributed by atoms with E-state index < -0.39 is 0 Å². The number of aromatic nitrogens is 5. The van der Waals surface area contributed by atoms with Crippen LogP contribution in [0.1, 0.15) is 38.4 Å². The predicted molar refractivity (Wildman–Crippen MR) is 109 cm³/mol. The second-order valence-corrected chi connectivity index (χ2v) is 7.77. The summed E-state index contributed by atoms with van der Waals surface area (Å²) in [6, 6.07) is 4.03. The zero-order valence-corrected chi connectivity index (χ0v) is 16.7. The number of nitrogens with zero attached hydrogens (tertiary/aromatic N) is 7. The molecular formula is C20H27N7O. The highest BCUT2D eigenvalue weighted by Crippen LogP contribution is 2.22. The molecule has 0 spiro atoms. The van der Waals surface area contributed by atoms with E-state index in [4.69, 9.17) is 0 Å². The van der Waals surface area contributed by atoms with Crippen molar-refractivity contribution in [1.29, 1.82) is 0 Å². The van der Waals surface area contributed by atoms with Crippen molar-refractivity contribution in [1.82, 2.24) is 29.0 Å². The van der Waals surface area contributed by atoms with Gasteiger partial charge in [-0.1, -0.05) is 0 Å². The van der Waals surface area contributed by atoms with Gasteiger partial charge < -0.3 is 4.90 Å². The minimum absolute atomic E-state index is 0.0316. The zero-order chi connectivity index (χ0) is 19.7.